The number of carbonyl (C=O) groups excluding carboxylic acids is 1. The molecule has 0 heterocycles. The smallest absolute Gasteiger partial charge is 0.264 e. The van der Waals surface area contributed by atoms with Crippen molar-refractivity contribution in [1.82, 2.24) is 5.32 Å². The second-order valence-corrected chi connectivity index (χ2v) is 7.38. The van der Waals surface area contributed by atoms with Gasteiger partial charge in [0, 0.05) is 20.7 Å². The molecule has 0 aliphatic rings. The molecule has 0 aliphatic heterocycles. The largest absolute Gasteiger partial charge is 0.484 e. The molecular formula is C18H22N2O5S. The minimum absolute atomic E-state index is 0.124. The molecule has 0 unspecified atom stereocenters. The molecule has 0 saturated heterocycles. The lowest BCUT2D eigenvalue weighted by Gasteiger charge is -2.19. The molecule has 2 aromatic rings. The number of benzene rings is 2. The van der Waals surface area contributed by atoms with Gasteiger partial charge in [0.05, 0.1) is 17.2 Å². The number of rotatable bonds is 9. The van der Waals surface area contributed by atoms with E-state index in [1.807, 2.05) is 0 Å². The van der Waals surface area contributed by atoms with Gasteiger partial charge in [0.15, 0.2) is 6.61 Å². The first-order valence-electron chi connectivity index (χ1n) is 7.97. The van der Waals surface area contributed by atoms with Crippen LogP contribution in [0.25, 0.3) is 0 Å². The number of methoxy groups -OCH3 is 1. The Morgan fingerprint density at radius 1 is 1.08 bits per heavy atom. The summed E-state index contributed by atoms with van der Waals surface area (Å²) >= 11 is 0. The molecule has 8 heteroatoms. The Hall–Kier alpha value is -2.58. The molecule has 0 bridgehead atoms. The van der Waals surface area contributed by atoms with E-state index in [0.717, 1.165) is 0 Å². The van der Waals surface area contributed by atoms with E-state index in [4.69, 9.17) is 9.47 Å². The van der Waals surface area contributed by atoms with Crippen LogP contribution in [0.5, 0.6) is 5.75 Å². The molecule has 0 fully saturated rings. The number of hydrogen-bond acceptors (Lipinski definition) is 5. The van der Waals surface area contributed by atoms with Gasteiger partial charge in [-0.25, -0.2) is 8.42 Å². The minimum Gasteiger partial charge on any atom is -0.484 e. The van der Waals surface area contributed by atoms with Crippen molar-refractivity contribution in [3.05, 3.63) is 54.6 Å². The van der Waals surface area contributed by atoms with Crippen molar-refractivity contribution in [2.45, 2.75) is 4.90 Å². The van der Waals surface area contributed by atoms with Crippen molar-refractivity contribution in [3.8, 4) is 5.75 Å². The topological polar surface area (TPSA) is 84.9 Å². The van der Waals surface area contributed by atoms with E-state index in [1.54, 1.807) is 61.7 Å². The van der Waals surface area contributed by atoms with Gasteiger partial charge in [-0.05, 0) is 36.4 Å². The highest BCUT2D eigenvalue weighted by Crippen LogP contribution is 2.24. The number of amides is 1. The van der Waals surface area contributed by atoms with Crippen LogP contribution in [0, 0.1) is 0 Å². The summed E-state index contributed by atoms with van der Waals surface area (Å²) in [4.78, 5) is 11.8. The number of nitrogens with one attached hydrogen (secondary N) is 1. The van der Waals surface area contributed by atoms with Gasteiger partial charge in [-0.15, -0.1) is 0 Å². The van der Waals surface area contributed by atoms with Crippen molar-refractivity contribution in [1.29, 1.82) is 0 Å². The zero-order valence-corrected chi connectivity index (χ0v) is 15.5. The van der Waals surface area contributed by atoms with Crippen molar-refractivity contribution in [2.24, 2.45) is 0 Å². The van der Waals surface area contributed by atoms with Gasteiger partial charge in [0.1, 0.15) is 5.75 Å². The number of nitrogens with zero attached hydrogens (tertiary/aromatic N) is 1. The van der Waals surface area contributed by atoms with E-state index in [-0.39, 0.29) is 17.4 Å². The van der Waals surface area contributed by atoms with E-state index >= 15 is 0 Å². The Morgan fingerprint density at radius 3 is 2.35 bits per heavy atom. The van der Waals surface area contributed by atoms with Crippen LogP contribution in [0.3, 0.4) is 0 Å². The maximum atomic E-state index is 12.6. The van der Waals surface area contributed by atoms with Crippen LogP contribution in [0.15, 0.2) is 59.5 Å². The summed E-state index contributed by atoms with van der Waals surface area (Å²) in [6.45, 7) is 0.726. The number of anilines is 1. The highest BCUT2D eigenvalue weighted by molar-refractivity contribution is 7.92. The molecular weight excluding hydrogens is 356 g/mol. The van der Waals surface area contributed by atoms with Gasteiger partial charge in [0.25, 0.3) is 15.9 Å². The summed E-state index contributed by atoms with van der Waals surface area (Å²) in [5, 5.41) is 2.65. The van der Waals surface area contributed by atoms with E-state index in [0.29, 0.717) is 24.6 Å². The lowest BCUT2D eigenvalue weighted by atomic mass is 10.3. The lowest BCUT2D eigenvalue weighted by molar-refractivity contribution is -0.123. The summed E-state index contributed by atoms with van der Waals surface area (Å²) in [5.41, 5.74) is 0.491. The molecule has 0 spiro atoms. The summed E-state index contributed by atoms with van der Waals surface area (Å²) in [5.74, 6) is 0.219. The zero-order chi connectivity index (χ0) is 19.0. The first-order valence-corrected chi connectivity index (χ1v) is 9.41. The van der Waals surface area contributed by atoms with E-state index < -0.39 is 10.0 Å². The summed E-state index contributed by atoms with van der Waals surface area (Å²) in [6.07, 6.45) is 0. The predicted octanol–water partition coefficient (Wildman–Crippen LogP) is 1.65. The standard InChI is InChI=1S/C18H22N2O5S/c1-20(26(22,23)17-6-4-3-5-7-17)15-8-10-16(11-9-15)25-14-18(21)19-12-13-24-2/h3-11H,12-14H2,1-2H3,(H,19,21). The van der Waals surface area contributed by atoms with Crippen LogP contribution in [-0.4, -0.2) is 48.2 Å². The fourth-order valence-electron chi connectivity index (χ4n) is 2.13. The highest BCUT2D eigenvalue weighted by Gasteiger charge is 2.20. The number of carbonyl (C=O) groups is 1. The Morgan fingerprint density at radius 2 is 1.73 bits per heavy atom. The third-order valence-corrected chi connectivity index (χ3v) is 5.40. The normalized spacial score (nSPS) is 11.0. The molecule has 140 valence electrons. The van der Waals surface area contributed by atoms with E-state index in [9.17, 15) is 13.2 Å². The van der Waals surface area contributed by atoms with Crippen LogP contribution >= 0.6 is 0 Å². The van der Waals surface area contributed by atoms with Crippen LogP contribution < -0.4 is 14.4 Å². The van der Waals surface area contributed by atoms with Gasteiger partial charge in [-0.1, -0.05) is 18.2 Å². The lowest BCUT2D eigenvalue weighted by Crippen LogP contribution is -2.31. The van der Waals surface area contributed by atoms with Gasteiger partial charge in [-0.2, -0.15) is 0 Å². The van der Waals surface area contributed by atoms with Gasteiger partial charge in [-0.3, -0.25) is 9.10 Å². The molecule has 0 aliphatic carbocycles. The average Bonchev–Trinajstić information content (AvgIpc) is 2.67. The van der Waals surface area contributed by atoms with Gasteiger partial charge in [0.2, 0.25) is 0 Å². The molecule has 0 saturated carbocycles. The monoisotopic (exact) mass is 378 g/mol. The molecule has 2 aromatic carbocycles. The van der Waals surface area contributed by atoms with Crippen LogP contribution in [-0.2, 0) is 19.6 Å². The maximum absolute atomic E-state index is 12.6. The quantitative estimate of drug-likeness (QED) is 0.671. The van der Waals surface area contributed by atoms with Crippen LogP contribution in [0.4, 0.5) is 5.69 Å². The number of hydrogen-bond donors (Lipinski definition) is 1. The second kappa shape index (κ2) is 9.21. The van der Waals surface area contributed by atoms with Crippen molar-refractivity contribution in [2.75, 3.05) is 38.2 Å². The van der Waals surface area contributed by atoms with Crippen molar-refractivity contribution >= 4 is 21.6 Å². The molecule has 1 amide bonds. The van der Waals surface area contributed by atoms with Gasteiger partial charge < -0.3 is 14.8 Å². The molecule has 7 nitrogen and oxygen atoms in total. The zero-order valence-electron chi connectivity index (χ0n) is 14.7. The molecule has 0 aromatic heterocycles. The third-order valence-electron chi connectivity index (χ3n) is 3.60. The maximum Gasteiger partial charge on any atom is 0.264 e. The highest BCUT2D eigenvalue weighted by atomic mass is 32.2. The molecule has 1 N–H and O–H groups in total. The van der Waals surface area contributed by atoms with E-state index in [2.05, 4.69) is 5.32 Å². The van der Waals surface area contributed by atoms with Crippen LogP contribution in [0.2, 0.25) is 0 Å². The van der Waals surface area contributed by atoms with E-state index in [1.165, 1.54) is 11.4 Å². The number of ether oxygens (including phenoxy) is 2. The number of sulfonamides is 1. The Kier molecular flexibility index (Phi) is 6.99. The fourth-order valence-corrected chi connectivity index (χ4v) is 3.35. The first kappa shape index (κ1) is 19.7. The fraction of sp³-hybridized carbons (Fsp3) is 0.278. The summed E-state index contributed by atoms with van der Waals surface area (Å²) in [7, 11) is -0.585. The van der Waals surface area contributed by atoms with Crippen molar-refractivity contribution < 1.29 is 22.7 Å². The minimum atomic E-state index is -3.63. The third kappa shape index (κ3) is 5.21. The van der Waals surface area contributed by atoms with Crippen LogP contribution in [0.1, 0.15) is 0 Å². The Labute approximate surface area is 153 Å². The predicted molar refractivity (Wildman–Crippen MR) is 98.9 cm³/mol. The molecule has 26 heavy (non-hydrogen) atoms. The summed E-state index contributed by atoms with van der Waals surface area (Å²) in [6, 6.07) is 14.7. The van der Waals surface area contributed by atoms with Crippen molar-refractivity contribution in [3.63, 3.8) is 0 Å². The first-order chi connectivity index (χ1) is 12.4. The molecule has 0 radical (unpaired) electrons. The average molecular weight is 378 g/mol. The molecule has 2 rings (SSSR count). The second-order valence-electron chi connectivity index (χ2n) is 5.41. The molecule has 0 atom stereocenters. The van der Waals surface area contributed by atoms with Gasteiger partial charge >= 0.3 is 0 Å². The summed E-state index contributed by atoms with van der Waals surface area (Å²) < 4.78 is 36.6. The SMILES string of the molecule is COCCNC(=O)COc1ccc(N(C)S(=O)(=O)c2ccccc2)cc1. The Bertz CT molecular complexity index is 807. The Balaban J connectivity index is 1.97.